The van der Waals surface area contributed by atoms with Gasteiger partial charge in [-0.05, 0) is 42.2 Å². The average molecular weight is 490 g/mol. The number of carbonyl (C=O) groups is 2. The van der Waals surface area contributed by atoms with E-state index >= 15 is 0 Å². The van der Waals surface area contributed by atoms with Crippen LogP contribution in [0.3, 0.4) is 0 Å². The predicted molar refractivity (Wildman–Crippen MR) is 134 cm³/mol. The molecule has 2 aromatic rings. The van der Waals surface area contributed by atoms with Crippen LogP contribution < -0.4 is 14.4 Å². The monoisotopic (exact) mass is 489 g/mol. The van der Waals surface area contributed by atoms with Crippen LogP contribution in [-0.4, -0.2) is 57.6 Å². The molecule has 0 fully saturated rings. The number of nitrogens with zero attached hydrogens (tertiary/aromatic N) is 2. The Morgan fingerprint density at radius 3 is 2.29 bits per heavy atom. The Labute approximate surface area is 202 Å². The van der Waals surface area contributed by atoms with Crippen molar-refractivity contribution in [2.45, 2.75) is 39.8 Å². The van der Waals surface area contributed by atoms with Crippen LogP contribution in [-0.2, 0) is 26.2 Å². The van der Waals surface area contributed by atoms with Gasteiger partial charge in [-0.15, -0.1) is 0 Å². The Morgan fingerprint density at radius 2 is 1.74 bits per heavy atom. The lowest BCUT2D eigenvalue weighted by Gasteiger charge is -2.33. The second kappa shape index (κ2) is 12.4. The predicted octanol–water partition coefficient (Wildman–Crippen LogP) is 3.04. The topological polar surface area (TPSA) is 96.0 Å². The van der Waals surface area contributed by atoms with Gasteiger partial charge < -0.3 is 15.0 Å². The highest BCUT2D eigenvalue weighted by Gasteiger charge is 2.31. The van der Waals surface area contributed by atoms with Gasteiger partial charge in [0.1, 0.15) is 18.3 Å². The van der Waals surface area contributed by atoms with E-state index in [0.29, 0.717) is 24.4 Å². The van der Waals surface area contributed by atoms with Crippen molar-refractivity contribution in [1.29, 1.82) is 0 Å². The SMILES string of the molecule is CC[C@@H](C(=O)NCC(C)C)N(Cc1cccc(OC)c1)C(=O)CN(c1ccccc1)S(C)(=O)=O. The van der Waals surface area contributed by atoms with Gasteiger partial charge in [0.25, 0.3) is 0 Å². The van der Waals surface area contributed by atoms with Crippen LogP contribution in [0.15, 0.2) is 54.6 Å². The maximum Gasteiger partial charge on any atom is 0.244 e. The lowest BCUT2D eigenvalue weighted by molar-refractivity contribution is -0.140. The molecule has 0 radical (unpaired) electrons. The fourth-order valence-electron chi connectivity index (χ4n) is 3.52. The molecule has 8 nitrogen and oxygen atoms in total. The largest absolute Gasteiger partial charge is 0.497 e. The highest BCUT2D eigenvalue weighted by Crippen LogP contribution is 2.20. The number of hydrogen-bond donors (Lipinski definition) is 1. The minimum atomic E-state index is -3.74. The molecule has 0 unspecified atom stereocenters. The lowest BCUT2D eigenvalue weighted by Crippen LogP contribution is -2.52. The maximum absolute atomic E-state index is 13.6. The number of benzene rings is 2. The van der Waals surface area contributed by atoms with Crippen molar-refractivity contribution in [1.82, 2.24) is 10.2 Å². The summed E-state index contributed by atoms with van der Waals surface area (Å²) < 4.78 is 31.4. The molecular formula is C25H35N3O5S. The van der Waals surface area contributed by atoms with Crippen molar-refractivity contribution in [2.24, 2.45) is 5.92 Å². The Bertz CT molecular complexity index is 1060. The number of hydrogen-bond acceptors (Lipinski definition) is 5. The third kappa shape index (κ3) is 7.76. The van der Waals surface area contributed by atoms with E-state index in [9.17, 15) is 18.0 Å². The number of rotatable bonds is 12. The molecule has 2 rings (SSSR count). The molecule has 0 saturated heterocycles. The van der Waals surface area contributed by atoms with Crippen LogP contribution in [0.25, 0.3) is 0 Å². The minimum absolute atomic E-state index is 0.135. The number of methoxy groups -OCH3 is 1. The van der Waals surface area contributed by atoms with Crippen LogP contribution in [0, 0.1) is 5.92 Å². The van der Waals surface area contributed by atoms with Gasteiger partial charge in [-0.1, -0.05) is 51.1 Å². The van der Waals surface area contributed by atoms with Crippen molar-refractivity contribution < 1.29 is 22.7 Å². The van der Waals surface area contributed by atoms with E-state index < -0.39 is 28.5 Å². The molecule has 0 aliphatic rings. The Kier molecular flexibility index (Phi) is 9.92. The number of nitrogens with one attached hydrogen (secondary N) is 1. The van der Waals surface area contributed by atoms with Gasteiger partial charge in [-0.2, -0.15) is 0 Å². The number of carbonyl (C=O) groups excluding carboxylic acids is 2. The third-order valence-electron chi connectivity index (χ3n) is 5.28. The van der Waals surface area contributed by atoms with Gasteiger partial charge >= 0.3 is 0 Å². The number of ether oxygens (including phenoxy) is 1. The van der Waals surface area contributed by atoms with Gasteiger partial charge in [-0.3, -0.25) is 13.9 Å². The van der Waals surface area contributed by atoms with Crippen LogP contribution in [0.2, 0.25) is 0 Å². The van der Waals surface area contributed by atoms with Crippen molar-refractivity contribution in [2.75, 3.05) is 30.8 Å². The summed E-state index contributed by atoms with van der Waals surface area (Å²) in [5.41, 5.74) is 1.16. The number of sulfonamides is 1. The number of anilines is 1. The molecule has 0 aliphatic heterocycles. The second-order valence-corrected chi connectivity index (χ2v) is 10.4. The quantitative estimate of drug-likeness (QED) is 0.494. The summed E-state index contributed by atoms with van der Waals surface area (Å²) in [6, 6.07) is 14.9. The smallest absolute Gasteiger partial charge is 0.244 e. The van der Waals surface area contributed by atoms with E-state index in [1.807, 2.05) is 32.9 Å². The summed E-state index contributed by atoms with van der Waals surface area (Å²) >= 11 is 0. The Hall–Kier alpha value is -3.07. The summed E-state index contributed by atoms with van der Waals surface area (Å²) in [4.78, 5) is 28.1. The van der Waals surface area contributed by atoms with Crippen LogP contribution in [0.4, 0.5) is 5.69 Å². The highest BCUT2D eigenvalue weighted by molar-refractivity contribution is 7.92. The lowest BCUT2D eigenvalue weighted by atomic mass is 10.1. The summed E-state index contributed by atoms with van der Waals surface area (Å²) in [5, 5.41) is 2.90. The number of para-hydroxylation sites is 1. The zero-order chi connectivity index (χ0) is 25.3. The van der Waals surface area contributed by atoms with E-state index in [4.69, 9.17) is 4.74 Å². The highest BCUT2D eigenvalue weighted by atomic mass is 32.2. The molecule has 1 N–H and O–H groups in total. The molecule has 2 aromatic carbocycles. The molecule has 2 amide bonds. The first-order valence-corrected chi connectivity index (χ1v) is 13.1. The molecule has 0 aliphatic carbocycles. The van der Waals surface area contributed by atoms with Gasteiger partial charge in [0.15, 0.2) is 0 Å². The van der Waals surface area contributed by atoms with Crippen molar-refractivity contribution >= 4 is 27.5 Å². The van der Waals surface area contributed by atoms with E-state index in [2.05, 4.69) is 5.32 Å². The maximum atomic E-state index is 13.6. The first-order valence-electron chi connectivity index (χ1n) is 11.3. The van der Waals surface area contributed by atoms with E-state index in [1.54, 1.807) is 49.6 Å². The zero-order valence-corrected chi connectivity index (χ0v) is 21.3. The normalized spacial score (nSPS) is 12.2. The first-order chi connectivity index (χ1) is 16.1. The second-order valence-electron chi connectivity index (χ2n) is 8.54. The number of amides is 2. The summed E-state index contributed by atoms with van der Waals surface area (Å²) in [5.74, 6) is 0.147. The van der Waals surface area contributed by atoms with Crippen LogP contribution in [0.1, 0.15) is 32.8 Å². The molecule has 0 spiro atoms. The standard InChI is InChI=1S/C25H35N3O5S/c1-6-23(25(30)26-16-19(2)3)27(17-20-11-10-14-22(15-20)33-4)24(29)18-28(34(5,31)32)21-12-8-7-9-13-21/h7-15,19,23H,6,16-18H2,1-5H3,(H,26,30)/t23-/m0/s1. The van der Waals surface area contributed by atoms with Gasteiger partial charge in [0, 0.05) is 13.1 Å². The van der Waals surface area contributed by atoms with Crippen LogP contribution >= 0.6 is 0 Å². The fourth-order valence-corrected chi connectivity index (χ4v) is 4.37. The summed E-state index contributed by atoms with van der Waals surface area (Å²) in [7, 11) is -2.18. The molecule has 1 atom stereocenters. The minimum Gasteiger partial charge on any atom is -0.497 e. The molecule has 9 heteroatoms. The van der Waals surface area contributed by atoms with Crippen molar-refractivity contribution in [3.8, 4) is 5.75 Å². The fraction of sp³-hybridized carbons (Fsp3) is 0.440. The van der Waals surface area contributed by atoms with E-state index in [1.165, 1.54) is 4.90 Å². The molecule has 0 saturated carbocycles. The van der Waals surface area contributed by atoms with E-state index in [-0.39, 0.29) is 18.4 Å². The van der Waals surface area contributed by atoms with Crippen LogP contribution in [0.5, 0.6) is 5.75 Å². The molecular weight excluding hydrogens is 454 g/mol. The third-order valence-corrected chi connectivity index (χ3v) is 6.42. The van der Waals surface area contributed by atoms with Crippen molar-refractivity contribution in [3.63, 3.8) is 0 Å². The van der Waals surface area contributed by atoms with Crippen molar-refractivity contribution in [3.05, 3.63) is 60.2 Å². The molecule has 34 heavy (non-hydrogen) atoms. The summed E-state index contributed by atoms with van der Waals surface area (Å²) in [6.07, 6.45) is 1.44. The van der Waals surface area contributed by atoms with Gasteiger partial charge in [0.05, 0.1) is 19.1 Å². The Morgan fingerprint density at radius 1 is 1.06 bits per heavy atom. The summed E-state index contributed by atoms with van der Waals surface area (Å²) in [6.45, 7) is 6.01. The molecule has 0 aromatic heterocycles. The zero-order valence-electron chi connectivity index (χ0n) is 20.5. The van der Waals surface area contributed by atoms with Gasteiger partial charge in [-0.25, -0.2) is 8.42 Å². The first kappa shape index (κ1) is 27.2. The average Bonchev–Trinajstić information content (AvgIpc) is 2.80. The molecule has 0 heterocycles. The molecule has 0 bridgehead atoms. The van der Waals surface area contributed by atoms with Gasteiger partial charge in [0.2, 0.25) is 21.8 Å². The Balaban J connectivity index is 2.41. The molecule has 186 valence electrons. The van der Waals surface area contributed by atoms with E-state index in [0.717, 1.165) is 16.1 Å².